The van der Waals surface area contributed by atoms with E-state index in [0.717, 1.165) is 12.1 Å². The fraction of sp³-hybridized carbons (Fsp3) is 0.364. The molecule has 2 aliphatic carbocycles. The SMILES string of the molecule is NC(C1=C(NC(=O)C2=C(C(F)(F)F)C=CCC2Cl)CCCC1)c1ccc(C(=O)O)cc1F. The highest BCUT2D eigenvalue weighted by molar-refractivity contribution is 6.26. The molecule has 0 saturated carbocycles. The first kappa shape index (κ1) is 24.0. The number of alkyl halides is 4. The molecule has 0 heterocycles. The van der Waals surface area contributed by atoms with Gasteiger partial charge in [0.2, 0.25) is 0 Å². The minimum Gasteiger partial charge on any atom is -0.478 e. The van der Waals surface area contributed by atoms with Gasteiger partial charge in [0.1, 0.15) is 5.82 Å². The molecule has 2 atom stereocenters. The lowest BCUT2D eigenvalue weighted by molar-refractivity contribution is -0.118. The molecule has 1 aromatic rings. The van der Waals surface area contributed by atoms with Crippen molar-refractivity contribution in [2.75, 3.05) is 0 Å². The number of rotatable bonds is 5. The maximum Gasteiger partial charge on any atom is 0.416 e. The summed E-state index contributed by atoms with van der Waals surface area (Å²) < 4.78 is 54.7. The Bertz CT molecular complexity index is 1030. The summed E-state index contributed by atoms with van der Waals surface area (Å²) in [4.78, 5) is 23.9. The van der Waals surface area contributed by atoms with E-state index >= 15 is 0 Å². The average Bonchev–Trinajstić information content (AvgIpc) is 2.72. The van der Waals surface area contributed by atoms with Gasteiger partial charge >= 0.3 is 12.1 Å². The Kier molecular flexibility index (Phi) is 7.09. The predicted molar refractivity (Wildman–Crippen MR) is 110 cm³/mol. The van der Waals surface area contributed by atoms with E-state index in [1.165, 1.54) is 18.2 Å². The zero-order valence-electron chi connectivity index (χ0n) is 16.8. The monoisotopic (exact) mass is 472 g/mol. The zero-order valence-corrected chi connectivity index (χ0v) is 17.6. The highest BCUT2D eigenvalue weighted by atomic mass is 35.5. The minimum atomic E-state index is -4.74. The second-order valence-corrected chi connectivity index (χ2v) is 8.14. The molecule has 2 aliphatic rings. The summed E-state index contributed by atoms with van der Waals surface area (Å²) >= 11 is 6.04. The summed E-state index contributed by atoms with van der Waals surface area (Å²) in [5, 5.41) is 10.4. The van der Waals surface area contributed by atoms with Crippen LogP contribution in [0.25, 0.3) is 0 Å². The quantitative estimate of drug-likeness (QED) is 0.420. The lowest BCUT2D eigenvalue weighted by Crippen LogP contribution is -2.35. The zero-order chi connectivity index (χ0) is 23.6. The Morgan fingerprint density at radius 1 is 1.22 bits per heavy atom. The Labute approximate surface area is 186 Å². The van der Waals surface area contributed by atoms with Gasteiger partial charge in [0.05, 0.1) is 22.6 Å². The van der Waals surface area contributed by atoms with Gasteiger partial charge in [-0.05, 0) is 49.8 Å². The molecule has 2 unspecified atom stereocenters. The van der Waals surface area contributed by atoms with E-state index < -0.39 is 46.4 Å². The minimum absolute atomic E-state index is 0.0321. The summed E-state index contributed by atoms with van der Waals surface area (Å²) in [5.41, 5.74) is 5.19. The van der Waals surface area contributed by atoms with Gasteiger partial charge in [-0.15, -0.1) is 11.6 Å². The highest BCUT2D eigenvalue weighted by Crippen LogP contribution is 2.37. The Morgan fingerprint density at radius 3 is 2.53 bits per heavy atom. The third-order valence-corrected chi connectivity index (χ3v) is 5.91. The van der Waals surface area contributed by atoms with Crippen molar-refractivity contribution in [1.29, 1.82) is 0 Å². The highest BCUT2D eigenvalue weighted by Gasteiger charge is 2.40. The average molecular weight is 473 g/mol. The molecule has 0 aromatic heterocycles. The van der Waals surface area contributed by atoms with Crippen molar-refractivity contribution >= 4 is 23.5 Å². The van der Waals surface area contributed by atoms with Gasteiger partial charge in [-0.3, -0.25) is 4.79 Å². The van der Waals surface area contributed by atoms with Crippen LogP contribution in [0, 0.1) is 5.82 Å². The van der Waals surface area contributed by atoms with E-state index in [4.69, 9.17) is 22.4 Å². The van der Waals surface area contributed by atoms with E-state index in [1.807, 2.05) is 0 Å². The third kappa shape index (κ3) is 5.05. The number of carbonyl (C=O) groups is 2. The first-order valence-electron chi connectivity index (χ1n) is 9.94. The molecule has 10 heteroatoms. The second-order valence-electron chi connectivity index (χ2n) is 7.61. The first-order chi connectivity index (χ1) is 15.0. The largest absolute Gasteiger partial charge is 0.478 e. The maximum absolute atomic E-state index is 14.5. The van der Waals surface area contributed by atoms with Crippen LogP contribution in [-0.4, -0.2) is 28.5 Å². The van der Waals surface area contributed by atoms with Crippen LogP contribution in [0.15, 0.2) is 52.8 Å². The van der Waals surface area contributed by atoms with Crippen molar-refractivity contribution in [3.05, 3.63) is 69.7 Å². The summed E-state index contributed by atoms with van der Waals surface area (Å²) in [7, 11) is 0. The molecule has 32 heavy (non-hydrogen) atoms. The van der Waals surface area contributed by atoms with Crippen LogP contribution in [-0.2, 0) is 4.79 Å². The van der Waals surface area contributed by atoms with E-state index in [1.54, 1.807) is 0 Å². The molecule has 0 aliphatic heterocycles. The fourth-order valence-corrected chi connectivity index (χ4v) is 4.23. The number of carbonyl (C=O) groups excluding carboxylic acids is 1. The van der Waals surface area contributed by atoms with Gasteiger partial charge in [-0.25, -0.2) is 9.18 Å². The lowest BCUT2D eigenvalue weighted by Gasteiger charge is -2.28. The third-order valence-electron chi connectivity index (χ3n) is 5.51. The number of halogens is 5. The van der Waals surface area contributed by atoms with Gasteiger partial charge < -0.3 is 16.2 Å². The van der Waals surface area contributed by atoms with Crippen LogP contribution in [0.5, 0.6) is 0 Å². The molecular weight excluding hydrogens is 452 g/mol. The van der Waals surface area contributed by atoms with Crippen LogP contribution in [0.3, 0.4) is 0 Å². The van der Waals surface area contributed by atoms with Crippen molar-refractivity contribution < 1.29 is 32.3 Å². The molecule has 0 radical (unpaired) electrons. The molecule has 3 rings (SSSR count). The molecule has 172 valence electrons. The van der Waals surface area contributed by atoms with Gasteiger partial charge in [-0.1, -0.05) is 18.2 Å². The van der Waals surface area contributed by atoms with Crippen LogP contribution < -0.4 is 11.1 Å². The number of hydrogen-bond donors (Lipinski definition) is 3. The van der Waals surface area contributed by atoms with Crippen molar-refractivity contribution in [3.8, 4) is 0 Å². The Morgan fingerprint density at radius 2 is 1.91 bits per heavy atom. The Balaban J connectivity index is 1.96. The molecule has 1 amide bonds. The summed E-state index contributed by atoms with van der Waals surface area (Å²) in [6, 6.07) is 2.33. The van der Waals surface area contributed by atoms with Crippen LogP contribution in [0.1, 0.15) is 54.1 Å². The standard InChI is InChI=1S/C22H21ClF4N2O3/c23-15-6-3-5-14(22(25,26)27)18(15)20(30)29-17-7-2-1-4-13(17)19(28)12-9-8-11(21(31)32)10-16(12)24/h3,5,8-10,15,19H,1-2,4,6-7,28H2,(H,29,30)(H,31,32). The predicted octanol–water partition coefficient (Wildman–Crippen LogP) is 4.89. The lowest BCUT2D eigenvalue weighted by atomic mass is 9.87. The smallest absolute Gasteiger partial charge is 0.416 e. The number of nitrogens with two attached hydrogens (primary N) is 1. The number of aromatic carboxylic acids is 1. The van der Waals surface area contributed by atoms with Gasteiger partial charge in [0, 0.05) is 16.8 Å². The van der Waals surface area contributed by atoms with E-state index in [9.17, 15) is 27.2 Å². The summed E-state index contributed by atoms with van der Waals surface area (Å²) in [6.45, 7) is 0. The van der Waals surface area contributed by atoms with Crippen LogP contribution in [0.4, 0.5) is 17.6 Å². The molecule has 0 bridgehead atoms. The van der Waals surface area contributed by atoms with Gasteiger partial charge in [-0.2, -0.15) is 13.2 Å². The van der Waals surface area contributed by atoms with Crippen LogP contribution in [0.2, 0.25) is 0 Å². The molecular formula is C22H21ClF4N2O3. The van der Waals surface area contributed by atoms with Crippen molar-refractivity contribution in [2.24, 2.45) is 5.73 Å². The number of carboxylic acids is 1. The van der Waals surface area contributed by atoms with Gasteiger partial charge in [0.25, 0.3) is 5.91 Å². The number of nitrogens with one attached hydrogen (secondary N) is 1. The Hall–Kier alpha value is -2.65. The topological polar surface area (TPSA) is 92.4 Å². The number of amides is 1. The van der Waals surface area contributed by atoms with E-state index in [-0.39, 0.29) is 17.5 Å². The van der Waals surface area contributed by atoms with E-state index in [2.05, 4.69) is 5.32 Å². The normalized spacial score (nSPS) is 20.4. The van der Waals surface area contributed by atoms with Crippen molar-refractivity contribution in [2.45, 2.75) is 49.7 Å². The fourth-order valence-electron chi connectivity index (χ4n) is 3.91. The maximum atomic E-state index is 14.5. The summed E-state index contributed by atoms with van der Waals surface area (Å²) in [6.07, 6.45) is -0.428. The number of allylic oxidation sites excluding steroid dienone is 4. The van der Waals surface area contributed by atoms with Gasteiger partial charge in [0.15, 0.2) is 0 Å². The molecule has 0 fully saturated rings. The van der Waals surface area contributed by atoms with E-state index in [0.29, 0.717) is 37.0 Å². The second kappa shape index (κ2) is 9.46. The number of hydrogen-bond acceptors (Lipinski definition) is 3. The summed E-state index contributed by atoms with van der Waals surface area (Å²) in [5.74, 6) is -3.08. The molecule has 0 saturated heterocycles. The first-order valence-corrected chi connectivity index (χ1v) is 10.4. The van der Waals surface area contributed by atoms with Crippen LogP contribution >= 0.6 is 11.6 Å². The van der Waals surface area contributed by atoms with Crippen molar-refractivity contribution in [3.63, 3.8) is 0 Å². The molecule has 1 aromatic carbocycles. The number of benzene rings is 1. The number of carboxylic acid groups (broad SMARTS) is 1. The van der Waals surface area contributed by atoms with Crippen molar-refractivity contribution in [1.82, 2.24) is 5.32 Å². The molecule has 5 nitrogen and oxygen atoms in total. The molecule has 0 spiro atoms. The molecule has 4 N–H and O–H groups in total.